The summed E-state index contributed by atoms with van der Waals surface area (Å²) in [7, 11) is 0. The van der Waals surface area contributed by atoms with Gasteiger partial charge >= 0.3 is 0 Å². The minimum absolute atomic E-state index is 0.280. The highest BCUT2D eigenvalue weighted by atomic mass is 32.1. The Labute approximate surface area is 177 Å². The fraction of sp³-hybridized carbons (Fsp3) is 0.217. The molecule has 4 aromatic rings. The van der Waals surface area contributed by atoms with E-state index in [1.807, 2.05) is 18.2 Å². The summed E-state index contributed by atoms with van der Waals surface area (Å²) in [6.45, 7) is 2.50. The van der Waals surface area contributed by atoms with Crippen molar-refractivity contribution in [3.8, 4) is 44.0 Å². The second-order valence-electron chi connectivity index (χ2n) is 6.94. The number of hydrogen-bond acceptors (Lipinski definition) is 6. The molecule has 2 aromatic heterocycles. The largest absolute Gasteiger partial charge is 0.454 e. The molecule has 0 amide bonds. The Hall–Kier alpha value is -2.70. The normalized spacial score (nSPS) is 12.4. The Morgan fingerprint density at radius 2 is 1.48 bits per heavy atom. The lowest BCUT2D eigenvalue weighted by Crippen LogP contribution is -1.92. The maximum atomic E-state index is 5.48. The molecule has 0 aliphatic carbocycles. The van der Waals surface area contributed by atoms with Gasteiger partial charge in [0.1, 0.15) is 0 Å². The van der Waals surface area contributed by atoms with Crippen LogP contribution < -0.4 is 9.47 Å². The average molecular weight is 421 g/mol. The van der Waals surface area contributed by atoms with Crippen molar-refractivity contribution in [3.05, 3.63) is 58.8 Å². The molecule has 3 heterocycles. The second kappa shape index (κ2) is 7.97. The molecule has 29 heavy (non-hydrogen) atoms. The Kier molecular flexibility index (Phi) is 5.04. The summed E-state index contributed by atoms with van der Waals surface area (Å²) in [6.07, 6.45) is 3.59. The Morgan fingerprint density at radius 3 is 2.21 bits per heavy atom. The molecule has 0 N–H and O–H groups in total. The minimum atomic E-state index is 0.280. The maximum absolute atomic E-state index is 5.48. The summed E-state index contributed by atoms with van der Waals surface area (Å²) in [6, 6.07) is 14.7. The average Bonchev–Trinajstić information content (AvgIpc) is 3.52. The molecule has 0 unspecified atom stereocenters. The molecule has 0 spiro atoms. The standard InChI is InChI=1S/C23H20N2O2S2/c1-2-3-4-15-5-7-16(8-6-15)18-12-28-22(24-18)23-25-19(13-29-23)17-9-10-20-21(11-17)27-14-26-20/h5-13H,2-4,14H2,1H3. The number of aryl methyl sites for hydroxylation is 1. The van der Waals surface area contributed by atoms with Gasteiger partial charge in [-0.25, -0.2) is 9.97 Å². The highest BCUT2D eigenvalue weighted by Crippen LogP contribution is 2.38. The molecule has 0 saturated heterocycles. The number of fused-ring (bicyclic) bond motifs is 1. The van der Waals surface area contributed by atoms with Crippen LogP contribution in [0.15, 0.2) is 53.2 Å². The molecule has 5 rings (SSSR count). The van der Waals surface area contributed by atoms with Crippen molar-refractivity contribution in [2.75, 3.05) is 6.79 Å². The van der Waals surface area contributed by atoms with Crippen LogP contribution in [0.1, 0.15) is 25.3 Å². The van der Waals surface area contributed by atoms with E-state index in [4.69, 9.17) is 19.4 Å². The molecule has 1 aliphatic rings. The smallest absolute Gasteiger partial charge is 0.231 e. The van der Waals surface area contributed by atoms with Crippen molar-refractivity contribution in [1.82, 2.24) is 9.97 Å². The lowest BCUT2D eigenvalue weighted by atomic mass is 10.1. The summed E-state index contributed by atoms with van der Waals surface area (Å²) in [5.74, 6) is 1.56. The first-order valence-corrected chi connectivity index (χ1v) is 11.5. The van der Waals surface area contributed by atoms with Gasteiger partial charge in [0.15, 0.2) is 21.5 Å². The Balaban J connectivity index is 1.36. The first kappa shape index (κ1) is 18.3. The van der Waals surface area contributed by atoms with Crippen molar-refractivity contribution >= 4 is 22.7 Å². The van der Waals surface area contributed by atoms with Crippen LogP contribution in [0.4, 0.5) is 0 Å². The van der Waals surface area contributed by atoms with Crippen LogP contribution in [0.3, 0.4) is 0 Å². The molecule has 0 atom stereocenters. The van der Waals surface area contributed by atoms with Crippen LogP contribution in [-0.4, -0.2) is 16.8 Å². The lowest BCUT2D eigenvalue weighted by Gasteiger charge is -2.01. The van der Waals surface area contributed by atoms with E-state index in [0.717, 1.165) is 50.4 Å². The zero-order chi connectivity index (χ0) is 19.6. The van der Waals surface area contributed by atoms with Gasteiger partial charge in [-0.05, 0) is 36.6 Å². The van der Waals surface area contributed by atoms with E-state index in [1.54, 1.807) is 22.7 Å². The van der Waals surface area contributed by atoms with Crippen molar-refractivity contribution < 1.29 is 9.47 Å². The molecule has 0 bridgehead atoms. The van der Waals surface area contributed by atoms with Gasteiger partial charge in [-0.15, -0.1) is 22.7 Å². The number of aromatic nitrogens is 2. The quantitative estimate of drug-likeness (QED) is 0.349. The lowest BCUT2D eigenvalue weighted by molar-refractivity contribution is 0.174. The predicted octanol–water partition coefficient (Wildman–Crippen LogP) is 6.67. The van der Waals surface area contributed by atoms with Gasteiger partial charge in [-0.2, -0.15) is 0 Å². The van der Waals surface area contributed by atoms with Gasteiger partial charge in [0.25, 0.3) is 0 Å². The van der Waals surface area contributed by atoms with Crippen LogP contribution in [-0.2, 0) is 6.42 Å². The zero-order valence-corrected chi connectivity index (χ0v) is 17.7. The third kappa shape index (κ3) is 3.78. The predicted molar refractivity (Wildman–Crippen MR) is 119 cm³/mol. The highest BCUT2D eigenvalue weighted by molar-refractivity contribution is 7.20. The van der Waals surface area contributed by atoms with Crippen LogP contribution in [0.2, 0.25) is 0 Å². The monoisotopic (exact) mass is 420 g/mol. The first-order chi connectivity index (χ1) is 14.3. The van der Waals surface area contributed by atoms with E-state index in [0.29, 0.717) is 0 Å². The van der Waals surface area contributed by atoms with E-state index in [-0.39, 0.29) is 6.79 Å². The Bertz CT molecular complexity index is 1130. The van der Waals surface area contributed by atoms with Crippen molar-refractivity contribution in [3.63, 3.8) is 0 Å². The highest BCUT2D eigenvalue weighted by Gasteiger charge is 2.16. The van der Waals surface area contributed by atoms with Gasteiger partial charge in [0.05, 0.1) is 11.4 Å². The molecular weight excluding hydrogens is 400 g/mol. The van der Waals surface area contributed by atoms with E-state index >= 15 is 0 Å². The van der Waals surface area contributed by atoms with Crippen LogP contribution in [0, 0.1) is 0 Å². The van der Waals surface area contributed by atoms with E-state index in [9.17, 15) is 0 Å². The van der Waals surface area contributed by atoms with E-state index in [1.165, 1.54) is 18.4 Å². The zero-order valence-electron chi connectivity index (χ0n) is 16.1. The SMILES string of the molecule is CCCCc1ccc(-c2csc(-c3nc(-c4ccc5c(c4)OCO5)cs3)n2)cc1. The molecule has 0 saturated carbocycles. The van der Waals surface area contributed by atoms with Crippen LogP contribution >= 0.6 is 22.7 Å². The van der Waals surface area contributed by atoms with Gasteiger partial charge in [0.2, 0.25) is 6.79 Å². The second-order valence-corrected chi connectivity index (χ2v) is 8.66. The van der Waals surface area contributed by atoms with Gasteiger partial charge in [-0.1, -0.05) is 37.6 Å². The number of nitrogens with zero attached hydrogens (tertiary/aromatic N) is 2. The number of ether oxygens (including phenoxy) is 2. The third-order valence-electron chi connectivity index (χ3n) is 4.93. The summed E-state index contributed by atoms with van der Waals surface area (Å²) in [4.78, 5) is 9.63. The molecule has 146 valence electrons. The molecule has 1 aliphatic heterocycles. The van der Waals surface area contributed by atoms with Gasteiger partial charge in [0, 0.05) is 21.9 Å². The summed E-state index contributed by atoms with van der Waals surface area (Å²) in [5.41, 5.74) is 5.50. The number of rotatable bonds is 6. The van der Waals surface area contributed by atoms with E-state index in [2.05, 4.69) is 41.9 Å². The van der Waals surface area contributed by atoms with Crippen molar-refractivity contribution in [2.45, 2.75) is 26.2 Å². The molecule has 0 radical (unpaired) electrons. The number of hydrogen-bond donors (Lipinski definition) is 0. The van der Waals surface area contributed by atoms with Gasteiger partial charge < -0.3 is 9.47 Å². The number of unbranched alkanes of at least 4 members (excludes halogenated alkanes) is 1. The summed E-state index contributed by atoms with van der Waals surface area (Å²) >= 11 is 3.25. The molecule has 0 fully saturated rings. The fourth-order valence-electron chi connectivity index (χ4n) is 3.29. The number of benzene rings is 2. The minimum Gasteiger partial charge on any atom is -0.454 e. The number of thiazole rings is 2. The Morgan fingerprint density at radius 1 is 0.828 bits per heavy atom. The van der Waals surface area contributed by atoms with Crippen LogP contribution in [0.25, 0.3) is 32.5 Å². The molecular formula is C23H20N2O2S2. The third-order valence-corrected chi connectivity index (χ3v) is 6.76. The topological polar surface area (TPSA) is 44.2 Å². The van der Waals surface area contributed by atoms with Crippen molar-refractivity contribution in [2.24, 2.45) is 0 Å². The molecule has 6 heteroatoms. The van der Waals surface area contributed by atoms with Gasteiger partial charge in [-0.3, -0.25) is 0 Å². The summed E-state index contributed by atoms with van der Waals surface area (Å²) < 4.78 is 10.9. The maximum Gasteiger partial charge on any atom is 0.231 e. The van der Waals surface area contributed by atoms with Crippen molar-refractivity contribution in [1.29, 1.82) is 0 Å². The first-order valence-electron chi connectivity index (χ1n) is 9.71. The molecule has 2 aromatic carbocycles. The van der Waals surface area contributed by atoms with E-state index < -0.39 is 0 Å². The molecule has 4 nitrogen and oxygen atoms in total. The summed E-state index contributed by atoms with van der Waals surface area (Å²) in [5, 5.41) is 6.06. The fourth-order valence-corrected chi connectivity index (χ4v) is 5.00. The van der Waals surface area contributed by atoms with Crippen LogP contribution in [0.5, 0.6) is 11.5 Å².